The van der Waals surface area contributed by atoms with Gasteiger partial charge in [0.2, 0.25) is 5.91 Å². The second-order valence-electron chi connectivity index (χ2n) is 9.22. The summed E-state index contributed by atoms with van der Waals surface area (Å²) in [5.74, 6) is 0.0364. The van der Waals surface area contributed by atoms with Gasteiger partial charge < -0.3 is 50.1 Å². The third-order valence-electron chi connectivity index (χ3n) is 5.62. The molecule has 0 aromatic rings. The van der Waals surface area contributed by atoms with Gasteiger partial charge in [0.15, 0.2) is 0 Å². The molecule has 0 aromatic carbocycles. The van der Waals surface area contributed by atoms with Gasteiger partial charge in [0, 0.05) is 36.9 Å². The summed E-state index contributed by atoms with van der Waals surface area (Å²) in [7, 11) is 1.78. The predicted molar refractivity (Wildman–Crippen MR) is 154 cm³/mol. The van der Waals surface area contributed by atoms with Crippen LogP contribution < -0.4 is 21.3 Å². The molecule has 0 radical (unpaired) electrons. The lowest BCUT2D eigenvalue weighted by Crippen LogP contribution is -2.31. The molecule has 1 amide bonds. The van der Waals surface area contributed by atoms with Gasteiger partial charge in [0.05, 0.1) is 52.3 Å². The van der Waals surface area contributed by atoms with Crippen LogP contribution in [0, 0.1) is 5.92 Å². The van der Waals surface area contributed by atoms with Crippen LogP contribution in [0.1, 0.15) is 39.0 Å². The molecule has 0 fully saturated rings. The Morgan fingerprint density at radius 3 is 2.00 bits per heavy atom. The largest absolute Gasteiger partial charge is 0.511 e. The average molecular weight is 557 g/mol. The first-order valence-corrected chi connectivity index (χ1v) is 13.7. The average Bonchev–Trinajstić information content (AvgIpc) is 2.91. The molecule has 0 heterocycles. The van der Waals surface area contributed by atoms with Crippen LogP contribution in [0.3, 0.4) is 0 Å². The first kappa shape index (κ1) is 36.6. The summed E-state index contributed by atoms with van der Waals surface area (Å²) in [5, 5.41) is 21.6. The minimum absolute atomic E-state index is 0.0322. The first-order valence-electron chi connectivity index (χ1n) is 13.7. The molecule has 2 unspecified atom stereocenters. The van der Waals surface area contributed by atoms with E-state index in [2.05, 4.69) is 41.0 Å². The molecule has 2 atom stereocenters. The Kier molecular flexibility index (Phi) is 24.2. The number of hydrogen-bond acceptors (Lipinski definition) is 10. The van der Waals surface area contributed by atoms with E-state index in [1.807, 2.05) is 6.92 Å². The lowest BCUT2D eigenvalue weighted by atomic mass is 10.1. The fraction of sp³-hybridized carbons (Fsp3) is 0.714. The van der Waals surface area contributed by atoms with Gasteiger partial charge in [-0.25, -0.2) is 0 Å². The molecule has 0 rings (SSSR count). The monoisotopic (exact) mass is 556 g/mol. The Hall–Kier alpha value is -2.44. The molecule has 11 heteroatoms. The highest BCUT2D eigenvalue weighted by molar-refractivity contribution is 5.77. The number of aliphatic hydroxyl groups is 1. The molecular formula is C28H52N4O7. The zero-order valence-electron chi connectivity index (χ0n) is 24.1. The second-order valence-corrected chi connectivity index (χ2v) is 9.22. The number of carbonyl (C=O) groups excluding carboxylic acids is 2. The lowest BCUT2D eigenvalue weighted by molar-refractivity contribution is -0.126. The molecule has 11 nitrogen and oxygen atoms in total. The van der Waals surface area contributed by atoms with E-state index in [0.717, 1.165) is 43.5 Å². The Labute approximate surface area is 234 Å². The fourth-order valence-electron chi connectivity index (χ4n) is 3.27. The Morgan fingerprint density at radius 2 is 1.38 bits per heavy atom. The molecule has 0 saturated heterocycles. The highest BCUT2D eigenvalue weighted by Crippen LogP contribution is 2.07. The molecule has 0 aliphatic heterocycles. The number of amides is 1. The van der Waals surface area contributed by atoms with Gasteiger partial charge in [-0.3, -0.25) is 4.79 Å². The molecule has 0 bridgehead atoms. The number of unbranched alkanes of at least 4 members (excludes halogenated alkanes) is 1. The topological polar surface area (TPSA) is 139 Å². The van der Waals surface area contributed by atoms with E-state index < -0.39 is 0 Å². The van der Waals surface area contributed by atoms with Crippen LogP contribution >= 0.6 is 0 Å². The van der Waals surface area contributed by atoms with Crippen molar-refractivity contribution in [1.29, 1.82) is 0 Å². The molecule has 0 aromatic heterocycles. The van der Waals surface area contributed by atoms with E-state index in [4.69, 9.17) is 18.9 Å². The number of aliphatic hydroxyl groups excluding tert-OH is 1. The van der Waals surface area contributed by atoms with E-state index in [1.54, 1.807) is 7.05 Å². The van der Waals surface area contributed by atoms with Gasteiger partial charge in [0.25, 0.3) is 0 Å². The van der Waals surface area contributed by atoms with Crippen LogP contribution in [0.2, 0.25) is 0 Å². The number of aldehydes is 1. The van der Waals surface area contributed by atoms with E-state index in [0.29, 0.717) is 72.2 Å². The zero-order valence-corrected chi connectivity index (χ0v) is 24.1. The van der Waals surface area contributed by atoms with Gasteiger partial charge in [0.1, 0.15) is 18.7 Å². The number of ether oxygens (including phenoxy) is 4. The maximum absolute atomic E-state index is 11.8. The van der Waals surface area contributed by atoms with E-state index in [9.17, 15) is 14.7 Å². The van der Waals surface area contributed by atoms with Crippen LogP contribution in [0.4, 0.5) is 0 Å². The van der Waals surface area contributed by atoms with E-state index in [1.165, 1.54) is 0 Å². The van der Waals surface area contributed by atoms with Crippen molar-refractivity contribution in [3.05, 3.63) is 36.9 Å². The van der Waals surface area contributed by atoms with Crippen LogP contribution in [0.15, 0.2) is 36.9 Å². The maximum Gasteiger partial charge on any atom is 0.246 e. The molecule has 5 N–H and O–H groups in total. The van der Waals surface area contributed by atoms with Crippen LogP contribution in [0.5, 0.6) is 0 Å². The van der Waals surface area contributed by atoms with Gasteiger partial charge in [-0.1, -0.05) is 33.1 Å². The molecule has 226 valence electrons. The minimum atomic E-state index is -0.207. The molecular weight excluding hydrogens is 504 g/mol. The summed E-state index contributed by atoms with van der Waals surface area (Å²) >= 11 is 0. The van der Waals surface area contributed by atoms with Crippen molar-refractivity contribution in [2.24, 2.45) is 5.92 Å². The van der Waals surface area contributed by atoms with Crippen molar-refractivity contribution in [2.75, 3.05) is 79.5 Å². The van der Waals surface area contributed by atoms with E-state index in [-0.39, 0.29) is 30.2 Å². The van der Waals surface area contributed by atoms with Gasteiger partial charge in [-0.05, 0) is 32.7 Å². The number of hydrogen-bond donors (Lipinski definition) is 5. The minimum Gasteiger partial charge on any atom is -0.511 e. The number of nitrogens with one attached hydrogen (secondary N) is 4. The van der Waals surface area contributed by atoms with Gasteiger partial charge in [-0.2, -0.15) is 0 Å². The zero-order chi connectivity index (χ0) is 29.1. The van der Waals surface area contributed by atoms with Crippen molar-refractivity contribution in [1.82, 2.24) is 21.3 Å². The third kappa shape index (κ3) is 24.3. The van der Waals surface area contributed by atoms with Gasteiger partial charge >= 0.3 is 0 Å². The summed E-state index contributed by atoms with van der Waals surface area (Å²) < 4.78 is 21.7. The standard InChI is InChI=1S/C28H52N4O7/c1-23(20-33)8-6-7-11-30-25(3)21-38-18-16-37-15-13-32-28(35)22-39-19-17-36-14-12-31-24(2)9-10-27(29-5)26(4)34/h20,23,27,29-31,34H,2-4,6-19,21-22H2,1,5H3,(H,32,35). The number of allylic oxidation sites excluding steroid dienone is 1. The molecule has 0 aliphatic carbocycles. The summed E-state index contributed by atoms with van der Waals surface area (Å²) in [4.78, 5) is 22.4. The van der Waals surface area contributed by atoms with Crippen molar-refractivity contribution in [3.8, 4) is 0 Å². The normalized spacial score (nSPS) is 12.4. The quantitative estimate of drug-likeness (QED) is 0.0527. The lowest BCUT2D eigenvalue weighted by Gasteiger charge is -2.16. The third-order valence-corrected chi connectivity index (χ3v) is 5.62. The van der Waals surface area contributed by atoms with Gasteiger partial charge in [-0.15, -0.1) is 0 Å². The summed E-state index contributed by atoms with van der Waals surface area (Å²) in [6.07, 6.45) is 5.31. The molecule has 0 aliphatic rings. The van der Waals surface area contributed by atoms with Crippen molar-refractivity contribution < 1.29 is 33.6 Å². The fourth-order valence-corrected chi connectivity index (χ4v) is 3.27. The molecule has 0 spiro atoms. The summed E-state index contributed by atoms with van der Waals surface area (Å²) in [6, 6.07) is -0.146. The molecule has 0 saturated carbocycles. The smallest absolute Gasteiger partial charge is 0.246 e. The SMILES string of the molecule is C=C(CCC(NC)C(=C)O)NCCOCCOCC(=O)NCCOCCOCC(=C)NCCCCC(C)C=O. The summed E-state index contributed by atoms with van der Waals surface area (Å²) in [5.41, 5.74) is 1.69. The Morgan fingerprint density at radius 1 is 0.795 bits per heavy atom. The highest BCUT2D eigenvalue weighted by atomic mass is 16.5. The van der Waals surface area contributed by atoms with Crippen LogP contribution in [-0.2, 0) is 28.5 Å². The molecule has 39 heavy (non-hydrogen) atoms. The summed E-state index contributed by atoms with van der Waals surface area (Å²) in [6.45, 7) is 18.0. The van der Waals surface area contributed by atoms with Crippen LogP contribution in [0.25, 0.3) is 0 Å². The predicted octanol–water partition coefficient (Wildman–Crippen LogP) is 1.82. The number of likely N-dealkylation sites (N-methyl/N-ethyl adjacent to an activating group) is 1. The van der Waals surface area contributed by atoms with Crippen molar-refractivity contribution >= 4 is 12.2 Å². The Bertz CT molecular complexity index is 691. The van der Waals surface area contributed by atoms with E-state index >= 15 is 0 Å². The highest BCUT2D eigenvalue weighted by Gasteiger charge is 2.09. The Balaban J connectivity index is 3.43. The second kappa shape index (κ2) is 25.8. The van der Waals surface area contributed by atoms with Crippen molar-refractivity contribution in [2.45, 2.75) is 45.1 Å². The van der Waals surface area contributed by atoms with Crippen molar-refractivity contribution in [3.63, 3.8) is 0 Å². The number of carbonyl (C=O) groups is 2. The first-order chi connectivity index (χ1) is 18.8. The van der Waals surface area contributed by atoms with Crippen LogP contribution in [-0.4, -0.2) is 103 Å². The number of rotatable bonds is 29. The maximum atomic E-state index is 11.8.